The van der Waals surface area contributed by atoms with Crippen molar-refractivity contribution < 1.29 is 14.3 Å². The number of hydrogen-bond donors (Lipinski definition) is 1. The average molecular weight is 323 g/mol. The number of nitrogens with zero attached hydrogens (tertiary/aromatic N) is 2. The third-order valence-electron chi connectivity index (χ3n) is 3.96. The zero-order chi connectivity index (χ0) is 16.5. The number of amides is 1. The number of hydrogen-bond acceptors (Lipinski definition) is 4. The number of fused-ring (bicyclic) bond motifs is 2. The van der Waals surface area contributed by atoms with Gasteiger partial charge in [-0.1, -0.05) is 18.2 Å². The second-order valence-corrected chi connectivity index (χ2v) is 5.72. The molecule has 2 unspecified atom stereocenters. The van der Waals surface area contributed by atoms with Gasteiger partial charge in [-0.2, -0.15) is 0 Å². The molecule has 3 aromatic rings. The van der Waals surface area contributed by atoms with Crippen molar-refractivity contribution in [1.82, 2.24) is 14.7 Å². The number of carbonyl (C=O) groups excluding carboxylic acids is 1. The van der Waals surface area contributed by atoms with E-state index in [0.29, 0.717) is 18.0 Å². The van der Waals surface area contributed by atoms with Gasteiger partial charge in [0.25, 0.3) is 5.91 Å². The van der Waals surface area contributed by atoms with Crippen LogP contribution >= 0.6 is 0 Å². The second kappa shape index (κ2) is 5.88. The van der Waals surface area contributed by atoms with Gasteiger partial charge in [-0.25, -0.2) is 4.98 Å². The van der Waals surface area contributed by atoms with Gasteiger partial charge in [0, 0.05) is 12.4 Å². The molecule has 1 aliphatic rings. The van der Waals surface area contributed by atoms with Gasteiger partial charge >= 0.3 is 0 Å². The van der Waals surface area contributed by atoms with Crippen LogP contribution in [0, 0.1) is 0 Å². The summed E-state index contributed by atoms with van der Waals surface area (Å²) in [6, 6.07) is 13.1. The lowest BCUT2D eigenvalue weighted by Gasteiger charge is -2.30. The number of ether oxygens (including phenoxy) is 2. The Morgan fingerprint density at radius 3 is 2.71 bits per heavy atom. The smallest absolute Gasteiger partial charge is 0.265 e. The van der Waals surface area contributed by atoms with E-state index in [4.69, 9.17) is 9.47 Å². The maximum atomic E-state index is 12.5. The molecule has 0 aliphatic carbocycles. The average Bonchev–Trinajstić information content (AvgIpc) is 3.02. The van der Waals surface area contributed by atoms with Gasteiger partial charge in [-0.05, 0) is 31.2 Å². The maximum Gasteiger partial charge on any atom is 0.265 e. The standard InChI is InChI=1S/C18H17N3O3/c1-12-17(24-15-7-3-2-6-14(15)23-12)18(22)19-10-13-11-21-9-5-4-8-16(21)20-13/h2-9,11-12,17H,10H2,1H3,(H,19,22). The minimum atomic E-state index is -0.683. The van der Waals surface area contributed by atoms with Crippen LogP contribution in [-0.2, 0) is 11.3 Å². The van der Waals surface area contributed by atoms with E-state index in [9.17, 15) is 4.79 Å². The Bertz CT molecular complexity index is 857. The fraction of sp³-hybridized carbons (Fsp3) is 0.222. The highest BCUT2D eigenvalue weighted by Crippen LogP contribution is 2.33. The predicted molar refractivity (Wildman–Crippen MR) is 88.0 cm³/mol. The van der Waals surface area contributed by atoms with Crippen LogP contribution in [0.15, 0.2) is 54.9 Å². The lowest BCUT2D eigenvalue weighted by atomic mass is 10.1. The summed E-state index contributed by atoms with van der Waals surface area (Å²) in [7, 11) is 0. The van der Waals surface area contributed by atoms with Crippen molar-refractivity contribution in [2.75, 3.05) is 0 Å². The van der Waals surface area contributed by atoms with Crippen molar-refractivity contribution in [2.24, 2.45) is 0 Å². The van der Waals surface area contributed by atoms with Crippen molar-refractivity contribution >= 4 is 11.6 Å². The molecule has 122 valence electrons. The van der Waals surface area contributed by atoms with Gasteiger partial charge < -0.3 is 19.2 Å². The van der Waals surface area contributed by atoms with Crippen molar-refractivity contribution in [3.05, 3.63) is 60.6 Å². The first-order valence-corrected chi connectivity index (χ1v) is 7.83. The molecule has 0 spiro atoms. The Morgan fingerprint density at radius 1 is 1.17 bits per heavy atom. The number of para-hydroxylation sites is 2. The summed E-state index contributed by atoms with van der Waals surface area (Å²) >= 11 is 0. The van der Waals surface area contributed by atoms with Crippen molar-refractivity contribution in [1.29, 1.82) is 0 Å². The van der Waals surface area contributed by atoms with Gasteiger partial charge in [-0.15, -0.1) is 0 Å². The molecular weight excluding hydrogens is 306 g/mol. The quantitative estimate of drug-likeness (QED) is 0.802. The SMILES string of the molecule is CC1Oc2ccccc2OC1C(=O)NCc1cn2ccccc2n1. The van der Waals surface area contributed by atoms with Crippen LogP contribution < -0.4 is 14.8 Å². The van der Waals surface area contributed by atoms with E-state index in [1.165, 1.54) is 0 Å². The highest BCUT2D eigenvalue weighted by molar-refractivity contribution is 5.82. The third-order valence-corrected chi connectivity index (χ3v) is 3.96. The molecule has 1 amide bonds. The molecule has 0 saturated carbocycles. The van der Waals surface area contributed by atoms with Gasteiger partial charge in [0.2, 0.25) is 6.10 Å². The maximum absolute atomic E-state index is 12.5. The number of aromatic nitrogens is 2. The van der Waals surface area contributed by atoms with Crippen LogP contribution in [-0.4, -0.2) is 27.5 Å². The number of rotatable bonds is 3. The molecule has 1 N–H and O–H groups in total. The first kappa shape index (κ1) is 14.6. The minimum absolute atomic E-state index is 0.214. The molecule has 0 bridgehead atoms. The monoisotopic (exact) mass is 323 g/mol. The van der Waals surface area contributed by atoms with E-state index in [2.05, 4.69) is 10.3 Å². The largest absolute Gasteiger partial charge is 0.482 e. The van der Waals surface area contributed by atoms with E-state index in [0.717, 1.165) is 11.3 Å². The highest BCUT2D eigenvalue weighted by Gasteiger charge is 2.33. The van der Waals surface area contributed by atoms with Crippen LogP contribution in [0.5, 0.6) is 11.5 Å². The molecule has 0 saturated heterocycles. The molecule has 3 heterocycles. The number of benzene rings is 1. The summed E-state index contributed by atoms with van der Waals surface area (Å²) in [5, 5.41) is 2.87. The van der Waals surface area contributed by atoms with Gasteiger partial charge in [0.15, 0.2) is 11.5 Å². The van der Waals surface area contributed by atoms with Crippen LogP contribution in [0.2, 0.25) is 0 Å². The van der Waals surface area contributed by atoms with Crippen LogP contribution in [0.1, 0.15) is 12.6 Å². The summed E-state index contributed by atoms with van der Waals surface area (Å²) in [6.45, 7) is 2.17. The summed E-state index contributed by atoms with van der Waals surface area (Å²) in [6.07, 6.45) is 2.77. The second-order valence-electron chi connectivity index (χ2n) is 5.72. The van der Waals surface area contributed by atoms with Gasteiger partial charge in [0.05, 0.1) is 12.2 Å². The predicted octanol–water partition coefficient (Wildman–Crippen LogP) is 2.18. The molecule has 6 heteroatoms. The van der Waals surface area contributed by atoms with Gasteiger partial charge in [0.1, 0.15) is 11.8 Å². The molecular formula is C18H17N3O3. The van der Waals surface area contributed by atoms with E-state index in [1.54, 1.807) is 6.07 Å². The molecule has 0 radical (unpaired) electrons. The molecule has 24 heavy (non-hydrogen) atoms. The lowest BCUT2D eigenvalue weighted by molar-refractivity contribution is -0.133. The summed E-state index contributed by atoms with van der Waals surface area (Å²) < 4.78 is 13.5. The Hall–Kier alpha value is -3.02. The third kappa shape index (κ3) is 2.67. The number of carbonyl (C=O) groups is 1. The summed E-state index contributed by atoms with van der Waals surface area (Å²) in [5.74, 6) is 1.03. The molecule has 4 rings (SSSR count). The van der Waals surface area contributed by atoms with Crippen LogP contribution in [0.25, 0.3) is 5.65 Å². The van der Waals surface area contributed by atoms with Crippen LogP contribution in [0.3, 0.4) is 0 Å². The first-order chi connectivity index (χ1) is 11.7. The number of imidazole rings is 1. The summed E-state index contributed by atoms with van der Waals surface area (Å²) in [4.78, 5) is 16.9. The Labute approximate surface area is 139 Å². The van der Waals surface area contributed by atoms with E-state index >= 15 is 0 Å². The molecule has 2 atom stereocenters. The summed E-state index contributed by atoms with van der Waals surface area (Å²) in [5.41, 5.74) is 1.64. The topological polar surface area (TPSA) is 64.9 Å². The molecule has 6 nitrogen and oxygen atoms in total. The fourth-order valence-corrected chi connectivity index (χ4v) is 2.76. The lowest BCUT2D eigenvalue weighted by Crippen LogP contribution is -2.48. The van der Waals surface area contributed by atoms with Crippen molar-refractivity contribution in [2.45, 2.75) is 25.7 Å². The first-order valence-electron chi connectivity index (χ1n) is 7.83. The van der Waals surface area contributed by atoms with Crippen molar-refractivity contribution in [3.63, 3.8) is 0 Å². The highest BCUT2D eigenvalue weighted by atomic mass is 16.6. The van der Waals surface area contributed by atoms with Crippen LogP contribution in [0.4, 0.5) is 0 Å². The zero-order valence-corrected chi connectivity index (χ0v) is 13.2. The molecule has 2 aromatic heterocycles. The Morgan fingerprint density at radius 2 is 1.92 bits per heavy atom. The van der Waals surface area contributed by atoms with E-state index in [1.807, 2.05) is 60.1 Å². The van der Waals surface area contributed by atoms with Gasteiger partial charge in [-0.3, -0.25) is 4.79 Å². The number of pyridine rings is 1. The molecule has 0 fully saturated rings. The zero-order valence-electron chi connectivity index (χ0n) is 13.2. The normalized spacial score (nSPS) is 19.2. The van der Waals surface area contributed by atoms with E-state index < -0.39 is 6.10 Å². The van der Waals surface area contributed by atoms with Crippen molar-refractivity contribution in [3.8, 4) is 11.5 Å². The Kier molecular flexibility index (Phi) is 3.57. The molecule has 1 aliphatic heterocycles. The minimum Gasteiger partial charge on any atom is -0.482 e. The Balaban J connectivity index is 1.44. The fourth-order valence-electron chi connectivity index (χ4n) is 2.76. The molecule has 1 aromatic carbocycles. The van der Waals surface area contributed by atoms with E-state index in [-0.39, 0.29) is 12.0 Å². The number of nitrogens with one attached hydrogen (secondary N) is 1.